The fraction of sp³-hybridized carbons (Fsp3) is 0.227. The second-order valence-corrected chi connectivity index (χ2v) is 7.04. The van der Waals surface area contributed by atoms with Gasteiger partial charge in [-0.05, 0) is 36.0 Å². The van der Waals surface area contributed by atoms with Crippen LogP contribution in [0.5, 0.6) is 0 Å². The first-order valence-corrected chi connectivity index (χ1v) is 9.42. The second kappa shape index (κ2) is 6.83. The van der Waals surface area contributed by atoms with E-state index >= 15 is 0 Å². The van der Waals surface area contributed by atoms with Gasteiger partial charge in [0.25, 0.3) is 0 Å². The normalized spacial score (nSPS) is 16.2. The molecule has 0 aliphatic heterocycles. The molecular formula is C22H21N5. The Hall–Kier alpha value is -3.21. The van der Waals surface area contributed by atoms with Crippen LogP contribution in [-0.4, -0.2) is 19.5 Å². The summed E-state index contributed by atoms with van der Waals surface area (Å²) in [6.45, 7) is 0.750. The van der Waals surface area contributed by atoms with Gasteiger partial charge in [-0.1, -0.05) is 54.6 Å². The number of aromatic nitrogens is 4. The molecule has 2 heterocycles. The standard InChI is InChI=1S/C22H21N5/c1-2-7-16(8-3-1)13-27-15-25-20-21(23-14-24-22(20)27)26-19-12-6-10-17-9-4-5-11-18(17)19/h1-5,7-9,11,14-15,19H,6,10,12-13H2,(H,23,24,26). The summed E-state index contributed by atoms with van der Waals surface area (Å²) < 4.78 is 2.08. The minimum atomic E-state index is 0.271. The molecule has 1 aliphatic rings. The van der Waals surface area contributed by atoms with Crippen LogP contribution < -0.4 is 5.32 Å². The van der Waals surface area contributed by atoms with Gasteiger partial charge in [0.05, 0.1) is 18.9 Å². The summed E-state index contributed by atoms with van der Waals surface area (Å²) in [5.41, 5.74) is 5.73. The van der Waals surface area contributed by atoms with Crippen molar-refractivity contribution in [1.82, 2.24) is 19.5 Å². The zero-order valence-electron chi connectivity index (χ0n) is 15.0. The van der Waals surface area contributed by atoms with Crippen molar-refractivity contribution in [3.05, 3.63) is 83.9 Å². The van der Waals surface area contributed by atoms with E-state index in [-0.39, 0.29) is 6.04 Å². The van der Waals surface area contributed by atoms with Crippen LogP contribution >= 0.6 is 0 Å². The van der Waals surface area contributed by atoms with Crippen molar-refractivity contribution in [3.8, 4) is 0 Å². The van der Waals surface area contributed by atoms with Gasteiger partial charge in [0.1, 0.15) is 11.8 Å². The van der Waals surface area contributed by atoms with Crippen molar-refractivity contribution in [3.63, 3.8) is 0 Å². The highest BCUT2D eigenvalue weighted by molar-refractivity contribution is 5.83. The average molecular weight is 355 g/mol. The molecule has 1 unspecified atom stereocenters. The number of nitrogens with zero attached hydrogens (tertiary/aromatic N) is 4. The lowest BCUT2D eigenvalue weighted by Gasteiger charge is -2.26. The fourth-order valence-corrected chi connectivity index (χ4v) is 3.95. The largest absolute Gasteiger partial charge is 0.361 e. The Morgan fingerprint density at radius 1 is 0.963 bits per heavy atom. The van der Waals surface area contributed by atoms with E-state index in [2.05, 4.69) is 73.4 Å². The smallest absolute Gasteiger partial charge is 0.165 e. The van der Waals surface area contributed by atoms with Gasteiger partial charge in [-0.3, -0.25) is 0 Å². The molecule has 0 fully saturated rings. The number of aryl methyl sites for hydroxylation is 1. The molecule has 0 saturated carbocycles. The molecule has 5 nitrogen and oxygen atoms in total. The molecule has 0 spiro atoms. The number of nitrogens with one attached hydrogen (secondary N) is 1. The van der Waals surface area contributed by atoms with Crippen molar-refractivity contribution < 1.29 is 0 Å². The van der Waals surface area contributed by atoms with Crippen LogP contribution in [-0.2, 0) is 13.0 Å². The Labute approximate surface area is 158 Å². The highest BCUT2D eigenvalue weighted by Gasteiger charge is 2.21. The minimum absolute atomic E-state index is 0.271. The maximum absolute atomic E-state index is 4.61. The average Bonchev–Trinajstić information content (AvgIpc) is 3.13. The predicted molar refractivity (Wildman–Crippen MR) is 107 cm³/mol. The lowest BCUT2D eigenvalue weighted by Crippen LogP contribution is -2.18. The predicted octanol–water partition coefficient (Wildman–Crippen LogP) is 4.36. The van der Waals surface area contributed by atoms with Gasteiger partial charge in [0.2, 0.25) is 0 Å². The van der Waals surface area contributed by atoms with Crippen molar-refractivity contribution in [2.75, 3.05) is 5.32 Å². The monoisotopic (exact) mass is 355 g/mol. The summed E-state index contributed by atoms with van der Waals surface area (Å²) in [7, 11) is 0. The zero-order chi connectivity index (χ0) is 18.1. The summed E-state index contributed by atoms with van der Waals surface area (Å²) in [6.07, 6.45) is 6.92. The van der Waals surface area contributed by atoms with Gasteiger partial charge in [-0.25, -0.2) is 15.0 Å². The van der Waals surface area contributed by atoms with Crippen LogP contribution in [0.15, 0.2) is 67.3 Å². The van der Waals surface area contributed by atoms with Crippen molar-refractivity contribution >= 4 is 17.0 Å². The molecule has 5 heteroatoms. The third-order valence-electron chi connectivity index (χ3n) is 5.28. The van der Waals surface area contributed by atoms with Gasteiger partial charge in [-0.2, -0.15) is 0 Å². The van der Waals surface area contributed by atoms with Crippen LogP contribution in [0.3, 0.4) is 0 Å². The number of imidazole rings is 1. The number of anilines is 1. The molecule has 1 aliphatic carbocycles. The van der Waals surface area contributed by atoms with Crippen LogP contribution in [0.2, 0.25) is 0 Å². The summed E-state index contributed by atoms with van der Waals surface area (Å²) >= 11 is 0. The number of hydrogen-bond donors (Lipinski definition) is 1. The molecule has 2 aromatic carbocycles. The van der Waals surface area contributed by atoms with E-state index in [4.69, 9.17) is 0 Å². The maximum atomic E-state index is 4.61. The molecule has 0 bridgehead atoms. The number of hydrogen-bond acceptors (Lipinski definition) is 4. The van der Waals surface area contributed by atoms with Crippen LogP contribution in [0, 0.1) is 0 Å². The summed E-state index contributed by atoms with van der Waals surface area (Å²) in [4.78, 5) is 13.6. The zero-order valence-corrected chi connectivity index (χ0v) is 15.0. The van der Waals surface area contributed by atoms with E-state index in [0.717, 1.165) is 36.4 Å². The summed E-state index contributed by atoms with van der Waals surface area (Å²) in [6, 6.07) is 19.3. The van der Waals surface area contributed by atoms with E-state index in [1.165, 1.54) is 23.1 Å². The first-order chi connectivity index (χ1) is 13.4. The first-order valence-electron chi connectivity index (χ1n) is 9.42. The molecule has 0 saturated heterocycles. The van der Waals surface area contributed by atoms with E-state index < -0.39 is 0 Å². The quantitative estimate of drug-likeness (QED) is 0.591. The molecule has 5 rings (SSSR count). The molecule has 1 N–H and O–H groups in total. The molecule has 2 aromatic heterocycles. The van der Waals surface area contributed by atoms with Gasteiger partial charge in [0.15, 0.2) is 11.5 Å². The SMILES string of the molecule is c1ccc(Cn2cnc3c(NC4CCCc5ccccc54)ncnc32)cc1. The van der Waals surface area contributed by atoms with Crippen LogP contribution in [0.4, 0.5) is 5.82 Å². The van der Waals surface area contributed by atoms with E-state index in [1.807, 2.05) is 12.4 Å². The molecule has 134 valence electrons. The van der Waals surface area contributed by atoms with E-state index in [0.29, 0.717) is 0 Å². The number of rotatable bonds is 4. The van der Waals surface area contributed by atoms with E-state index in [9.17, 15) is 0 Å². The van der Waals surface area contributed by atoms with Crippen molar-refractivity contribution in [2.45, 2.75) is 31.8 Å². The Balaban J connectivity index is 1.47. The Morgan fingerprint density at radius 2 is 1.81 bits per heavy atom. The molecule has 0 radical (unpaired) electrons. The minimum Gasteiger partial charge on any atom is -0.361 e. The highest BCUT2D eigenvalue weighted by atomic mass is 15.1. The lowest BCUT2D eigenvalue weighted by molar-refractivity contribution is 0.599. The third kappa shape index (κ3) is 3.05. The Morgan fingerprint density at radius 3 is 2.74 bits per heavy atom. The molecule has 27 heavy (non-hydrogen) atoms. The van der Waals surface area contributed by atoms with Crippen LogP contribution in [0.25, 0.3) is 11.2 Å². The van der Waals surface area contributed by atoms with Gasteiger partial charge >= 0.3 is 0 Å². The third-order valence-corrected chi connectivity index (χ3v) is 5.28. The molecule has 4 aromatic rings. The summed E-state index contributed by atoms with van der Waals surface area (Å²) in [5, 5.41) is 3.63. The molecule has 0 amide bonds. The Kier molecular flexibility index (Phi) is 4.05. The second-order valence-electron chi connectivity index (χ2n) is 7.04. The van der Waals surface area contributed by atoms with E-state index in [1.54, 1.807) is 6.33 Å². The van der Waals surface area contributed by atoms with Gasteiger partial charge < -0.3 is 9.88 Å². The van der Waals surface area contributed by atoms with Crippen molar-refractivity contribution in [2.24, 2.45) is 0 Å². The topological polar surface area (TPSA) is 55.6 Å². The highest BCUT2D eigenvalue weighted by Crippen LogP contribution is 2.33. The van der Waals surface area contributed by atoms with Crippen molar-refractivity contribution in [1.29, 1.82) is 0 Å². The maximum Gasteiger partial charge on any atom is 0.165 e. The fourth-order valence-electron chi connectivity index (χ4n) is 3.95. The number of benzene rings is 2. The van der Waals surface area contributed by atoms with Gasteiger partial charge in [-0.15, -0.1) is 0 Å². The molecular weight excluding hydrogens is 334 g/mol. The molecule has 1 atom stereocenters. The van der Waals surface area contributed by atoms with Gasteiger partial charge in [0, 0.05) is 0 Å². The summed E-state index contributed by atoms with van der Waals surface area (Å²) in [5.74, 6) is 0.813. The number of fused-ring (bicyclic) bond motifs is 2. The first kappa shape index (κ1) is 16.0. The lowest BCUT2D eigenvalue weighted by atomic mass is 9.88. The Bertz CT molecular complexity index is 1070. The van der Waals surface area contributed by atoms with Crippen LogP contribution in [0.1, 0.15) is 35.6 Å².